The van der Waals surface area contributed by atoms with Gasteiger partial charge >= 0.3 is 0 Å². The molecular weight excluding hydrogens is 258 g/mol. The Morgan fingerprint density at radius 1 is 1.19 bits per heavy atom. The maximum absolute atomic E-state index is 12.3. The lowest BCUT2D eigenvalue weighted by molar-refractivity contribution is -0.125. The molecule has 0 aliphatic heterocycles. The third-order valence-corrected chi connectivity index (χ3v) is 4.79. The van der Waals surface area contributed by atoms with Crippen LogP contribution in [-0.2, 0) is 4.79 Å². The van der Waals surface area contributed by atoms with Gasteiger partial charge in [-0.15, -0.1) is 0 Å². The van der Waals surface area contributed by atoms with Gasteiger partial charge < -0.3 is 4.90 Å². The van der Waals surface area contributed by atoms with Crippen LogP contribution in [0.2, 0.25) is 0 Å². The predicted molar refractivity (Wildman–Crippen MR) is 89.8 cm³/mol. The van der Waals surface area contributed by atoms with Crippen LogP contribution in [0, 0.1) is 18.8 Å². The lowest BCUT2D eigenvalue weighted by atomic mass is 9.78. The van der Waals surface area contributed by atoms with E-state index in [2.05, 4.69) is 49.9 Å². The molecule has 1 fully saturated rings. The Morgan fingerprint density at radius 3 is 2.52 bits per heavy atom. The Kier molecular flexibility index (Phi) is 5.84. The molecule has 2 heteroatoms. The molecule has 1 aromatic rings. The number of nitrogens with zero attached hydrogens (tertiary/aromatic N) is 1. The van der Waals surface area contributed by atoms with Crippen molar-refractivity contribution in [2.24, 2.45) is 11.8 Å². The van der Waals surface area contributed by atoms with Crippen LogP contribution in [0.4, 0.5) is 5.69 Å². The van der Waals surface area contributed by atoms with Crippen molar-refractivity contribution >= 4 is 11.5 Å². The summed E-state index contributed by atoms with van der Waals surface area (Å²) in [4.78, 5) is 14.6. The van der Waals surface area contributed by atoms with E-state index >= 15 is 0 Å². The molecule has 1 aliphatic carbocycles. The Balaban J connectivity index is 2.02. The van der Waals surface area contributed by atoms with E-state index in [9.17, 15) is 4.79 Å². The van der Waals surface area contributed by atoms with E-state index < -0.39 is 0 Å². The number of Topliss-reactive ketones (excluding diaryl/α,β-unsaturated/α-hetero) is 1. The summed E-state index contributed by atoms with van der Waals surface area (Å²) in [6.07, 6.45) is 5.51. The normalized spacial score (nSPS) is 22.3. The lowest BCUT2D eigenvalue weighted by Gasteiger charge is -2.33. The summed E-state index contributed by atoms with van der Waals surface area (Å²) in [6, 6.07) is 8.66. The van der Waals surface area contributed by atoms with E-state index in [-0.39, 0.29) is 5.92 Å². The van der Waals surface area contributed by atoms with Crippen LogP contribution in [0.1, 0.15) is 51.5 Å². The number of benzene rings is 1. The zero-order valence-electron chi connectivity index (χ0n) is 13.8. The van der Waals surface area contributed by atoms with Crippen molar-refractivity contribution in [2.75, 3.05) is 18.0 Å². The highest BCUT2D eigenvalue weighted by Gasteiger charge is 2.29. The highest BCUT2D eigenvalue weighted by molar-refractivity contribution is 5.82. The molecule has 2 nitrogen and oxygen atoms in total. The number of hydrogen-bond acceptors (Lipinski definition) is 2. The molecule has 0 radical (unpaired) electrons. The smallest absolute Gasteiger partial charge is 0.137 e. The van der Waals surface area contributed by atoms with E-state index in [0.717, 1.165) is 38.3 Å². The minimum absolute atomic E-state index is 0.233. The topological polar surface area (TPSA) is 20.3 Å². The van der Waals surface area contributed by atoms with Crippen LogP contribution in [0.15, 0.2) is 24.3 Å². The summed E-state index contributed by atoms with van der Waals surface area (Å²) < 4.78 is 0. The summed E-state index contributed by atoms with van der Waals surface area (Å²) in [5, 5.41) is 0. The van der Waals surface area contributed by atoms with E-state index in [0.29, 0.717) is 5.78 Å². The van der Waals surface area contributed by atoms with Gasteiger partial charge in [0.25, 0.3) is 0 Å². The second-order valence-electron chi connectivity index (χ2n) is 6.47. The number of ketones is 1. The van der Waals surface area contributed by atoms with E-state index in [1.165, 1.54) is 24.1 Å². The second-order valence-corrected chi connectivity index (χ2v) is 6.47. The highest BCUT2D eigenvalue weighted by atomic mass is 16.1. The first-order valence-electron chi connectivity index (χ1n) is 8.48. The summed E-state index contributed by atoms with van der Waals surface area (Å²) in [5.74, 6) is 1.47. The summed E-state index contributed by atoms with van der Waals surface area (Å²) in [5.41, 5.74) is 2.53. The molecule has 116 valence electrons. The molecule has 0 amide bonds. The zero-order valence-corrected chi connectivity index (χ0v) is 13.8. The molecule has 0 N–H and O–H groups in total. The van der Waals surface area contributed by atoms with Crippen LogP contribution in [0.5, 0.6) is 0 Å². The number of aryl methyl sites for hydroxylation is 1. The molecule has 0 heterocycles. The van der Waals surface area contributed by atoms with Gasteiger partial charge in [-0.1, -0.05) is 37.5 Å². The molecule has 1 saturated carbocycles. The number of anilines is 1. The number of carbonyl (C=O) groups excluding carboxylic acids is 1. The Labute approximate surface area is 129 Å². The molecule has 1 aromatic carbocycles. The standard InChI is InChI=1S/C19H29NO/c1-4-6-16-9-12-19(21)17(13-16)14-20(5-2)18-10-7-15(3)8-11-18/h7-8,10-11,16-17H,4-6,9,12-14H2,1-3H3. The maximum atomic E-state index is 12.3. The fourth-order valence-electron chi connectivity index (χ4n) is 3.49. The maximum Gasteiger partial charge on any atom is 0.137 e. The molecule has 2 rings (SSSR count). The Hall–Kier alpha value is -1.31. The number of hydrogen-bond donors (Lipinski definition) is 0. The van der Waals surface area contributed by atoms with Gasteiger partial charge in [0.15, 0.2) is 0 Å². The lowest BCUT2D eigenvalue weighted by Crippen LogP contribution is -2.36. The van der Waals surface area contributed by atoms with Crippen LogP contribution in [-0.4, -0.2) is 18.9 Å². The van der Waals surface area contributed by atoms with Gasteiger partial charge in [-0.25, -0.2) is 0 Å². The van der Waals surface area contributed by atoms with Gasteiger partial charge in [-0.05, 0) is 44.7 Å². The first kappa shape index (κ1) is 16.1. The van der Waals surface area contributed by atoms with Crippen LogP contribution in [0.3, 0.4) is 0 Å². The molecule has 0 bridgehead atoms. The molecule has 2 unspecified atom stereocenters. The van der Waals surface area contributed by atoms with Gasteiger partial charge in [0.05, 0.1) is 0 Å². The third-order valence-electron chi connectivity index (χ3n) is 4.79. The van der Waals surface area contributed by atoms with Gasteiger partial charge in [0, 0.05) is 31.1 Å². The zero-order chi connectivity index (χ0) is 15.2. The van der Waals surface area contributed by atoms with Crippen molar-refractivity contribution in [3.8, 4) is 0 Å². The van der Waals surface area contributed by atoms with E-state index in [1.807, 2.05) is 0 Å². The van der Waals surface area contributed by atoms with Crippen molar-refractivity contribution in [3.05, 3.63) is 29.8 Å². The van der Waals surface area contributed by atoms with Gasteiger partial charge in [0.1, 0.15) is 5.78 Å². The average Bonchev–Trinajstić information content (AvgIpc) is 2.49. The molecule has 2 atom stereocenters. The van der Waals surface area contributed by atoms with Gasteiger partial charge in [0.2, 0.25) is 0 Å². The largest absolute Gasteiger partial charge is 0.371 e. The van der Waals surface area contributed by atoms with Crippen LogP contribution < -0.4 is 4.90 Å². The first-order chi connectivity index (χ1) is 10.1. The molecule has 0 spiro atoms. The van der Waals surface area contributed by atoms with Crippen LogP contribution in [0.25, 0.3) is 0 Å². The molecule has 0 aromatic heterocycles. The highest BCUT2D eigenvalue weighted by Crippen LogP contribution is 2.31. The number of rotatable bonds is 6. The molecule has 1 aliphatic rings. The summed E-state index contributed by atoms with van der Waals surface area (Å²) >= 11 is 0. The fraction of sp³-hybridized carbons (Fsp3) is 0.632. The van der Waals surface area contributed by atoms with E-state index in [1.54, 1.807) is 0 Å². The molecule has 0 saturated heterocycles. The quantitative estimate of drug-likeness (QED) is 0.761. The second kappa shape index (κ2) is 7.63. The predicted octanol–water partition coefficient (Wildman–Crippen LogP) is 4.61. The Bertz CT molecular complexity index is 451. The van der Waals surface area contributed by atoms with Crippen molar-refractivity contribution in [2.45, 2.75) is 52.9 Å². The van der Waals surface area contributed by atoms with Crippen molar-refractivity contribution in [3.63, 3.8) is 0 Å². The van der Waals surface area contributed by atoms with Crippen molar-refractivity contribution < 1.29 is 4.79 Å². The van der Waals surface area contributed by atoms with E-state index in [4.69, 9.17) is 0 Å². The van der Waals surface area contributed by atoms with Crippen molar-refractivity contribution in [1.29, 1.82) is 0 Å². The minimum Gasteiger partial charge on any atom is -0.371 e. The molecular formula is C19H29NO. The summed E-state index contributed by atoms with van der Waals surface area (Å²) in [6.45, 7) is 8.39. The fourth-order valence-corrected chi connectivity index (χ4v) is 3.49. The monoisotopic (exact) mass is 287 g/mol. The van der Waals surface area contributed by atoms with Crippen molar-refractivity contribution in [1.82, 2.24) is 0 Å². The average molecular weight is 287 g/mol. The Morgan fingerprint density at radius 2 is 1.90 bits per heavy atom. The third kappa shape index (κ3) is 4.33. The number of carbonyl (C=O) groups is 1. The SMILES string of the molecule is CCCC1CCC(=O)C(CN(CC)c2ccc(C)cc2)C1. The van der Waals surface area contributed by atoms with Gasteiger partial charge in [-0.3, -0.25) is 4.79 Å². The summed E-state index contributed by atoms with van der Waals surface area (Å²) in [7, 11) is 0. The first-order valence-corrected chi connectivity index (χ1v) is 8.48. The minimum atomic E-state index is 0.233. The van der Waals surface area contributed by atoms with Crippen LogP contribution >= 0.6 is 0 Å². The molecule has 21 heavy (non-hydrogen) atoms. The van der Waals surface area contributed by atoms with Gasteiger partial charge in [-0.2, -0.15) is 0 Å².